The molecule has 8 nitrogen and oxygen atoms in total. The van der Waals surface area contributed by atoms with Crippen molar-refractivity contribution in [2.24, 2.45) is 5.92 Å². The van der Waals surface area contributed by atoms with Crippen molar-refractivity contribution in [2.45, 2.75) is 44.6 Å². The first kappa shape index (κ1) is 26.5. The summed E-state index contributed by atoms with van der Waals surface area (Å²) in [6, 6.07) is 11.4. The number of aromatic hydroxyl groups is 1. The molecule has 1 aliphatic carbocycles. The molecule has 1 fully saturated rings. The number of nitrogens with zero attached hydrogens (tertiary/aromatic N) is 2. The number of hydrogen-bond acceptors (Lipinski definition) is 5. The summed E-state index contributed by atoms with van der Waals surface area (Å²) in [6.07, 6.45) is 7.79. The molecule has 2 aromatic heterocycles. The number of nitrogens with one attached hydrogen (secondary N) is 2. The van der Waals surface area contributed by atoms with Crippen molar-refractivity contribution in [2.75, 3.05) is 13.2 Å². The molecule has 4 N–H and O–H groups in total. The van der Waals surface area contributed by atoms with Gasteiger partial charge in [-0.15, -0.1) is 0 Å². The first-order valence-corrected chi connectivity index (χ1v) is 13.9. The largest absolute Gasteiger partial charge is 0.493 e. The first-order valence-electron chi connectivity index (χ1n) is 12.8. The number of aromatic nitrogens is 4. The SMILES string of the molecule is O=c1[nH]c(-c2ccc(OCCO)cc2)c(O)n1[C@@H](CC1CCCCC1)c1ncc(-c2ccc(I)cc2F)[nH]1. The topological polar surface area (TPSA) is 116 Å². The van der Waals surface area contributed by atoms with Gasteiger partial charge in [-0.05, 0) is 77.4 Å². The number of aromatic amines is 2. The summed E-state index contributed by atoms with van der Waals surface area (Å²) in [4.78, 5) is 23.9. The molecule has 0 amide bonds. The van der Waals surface area contributed by atoms with Crippen LogP contribution in [-0.2, 0) is 0 Å². The molecule has 200 valence electrons. The van der Waals surface area contributed by atoms with Crippen molar-refractivity contribution in [3.05, 3.63) is 74.4 Å². The second kappa shape index (κ2) is 11.7. The molecule has 1 saturated carbocycles. The minimum absolute atomic E-state index is 0.0915. The maximum Gasteiger partial charge on any atom is 0.329 e. The van der Waals surface area contributed by atoms with Gasteiger partial charge < -0.3 is 24.9 Å². The zero-order valence-electron chi connectivity index (χ0n) is 20.8. The van der Waals surface area contributed by atoms with Gasteiger partial charge in [-0.1, -0.05) is 32.1 Å². The lowest BCUT2D eigenvalue weighted by Gasteiger charge is -2.26. The van der Waals surface area contributed by atoms with Gasteiger partial charge in [-0.25, -0.2) is 14.2 Å². The summed E-state index contributed by atoms with van der Waals surface area (Å²) in [7, 11) is 0. The Bertz CT molecular complexity index is 1440. The molecule has 1 aliphatic rings. The molecule has 2 aromatic carbocycles. The fraction of sp³-hybridized carbons (Fsp3) is 0.357. The maximum absolute atomic E-state index is 14.7. The lowest BCUT2D eigenvalue weighted by Crippen LogP contribution is -2.26. The fourth-order valence-corrected chi connectivity index (χ4v) is 5.69. The van der Waals surface area contributed by atoms with Gasteiger partial charge in [0.25, 0.3) is 0 Å². The van der Waals surface area contributed by atoms with Crippen molar-refractivity contribution in [1.82, 2.24) is 19.5 Å². The van der Waals surface area contributed by atoms with Crippen LogP contribution in [0.25, 0.3) is 22.5 Å². The molecule has 0 radical (unpaired) electrons. The molecule has 0 saturated heterocycles. The van der Waals surface area contributed by atoms with E-state index in [1.54, 1.807) is 36.5 Å². The van der Waals surface area contributed by atoms with E-state index in [4.69, 9.17) is 9.84 Å². The minimum Gasteiger partial charge on any atom is -0.493 e. The van der Waals surface area contributed by atoms with Crippen LogP contribution in [-0.4, -0.2) is 42.9 Å². The van der Waals surface area contributed by atoms with Crippen molar-refractivity contribution >= 4 is 22.6 Å². The van der Waals surface area contributed by atoms with Crippen LogP contribution in [0.4, 0.5) is 4.39 Å². The molecule has 2 heterocycles. The Morgan fingerprint density at radius 1 is 1.13 bits per heavy atom. The predicted octanol–water partition coefficient (Wildman–Crippen LogP) is 5.61. The van der Waals surface area contributed by atoms with Crippen molar-refractivity contribution in [3.63, 3.8) is 0 Å². The predicted molar refractivity (Wildman–Crippen MR) is 151 cm³/mol. The first-order chi connectivity index (χ1) is 18.4. The summed E-state index contributed by atoms with van der Waals surface area (Å²) < 4.78 is 22.2. The standard InChI is InChI=1S/C28H30FIN4O4/c29-22-15-19(30)8-11-21(22)23-16-31-26(32-23)24(14-17-4-2-1-3-5-17)34-27(36)25(33-28(34)37)18-6-9-20(10-7-18)38-13-12-35/h6-11,15-17,24,35-36H,1-5,12-14H2,(H,31,32)(H,33,37)/t24-/m0/s1. The average Bonchev–Trinajstić information content (AvgIpc) is 3.51. The van der Waals surface area contributed by atoms with Crippen LogP contribution in [0.1, 0.15) is 50.4 Å². The summed E-state index contributed by atoms with van der Waals surface area (Å²) in [6.45, 7) is 0.0870. The van der Waals surface area contributed by atoms with E-state index in [9.17, 15) is 14.3 Å². The zero-order valence-corrected chi connectivity index (χ0v) is 22.9. The monoisotopic (exact) mass is 632 g/mol. The number of aliphatic hydroxyl groups excluding tert-OH is 1. The van der Waals surface area contributed by atoms with Gasteiger partial charge >= 0.3 is 5.69 Å². The number of imidazole rings is 2. The van der Waals surface area contributed by atoms with Crippen LogP contribution >= 0.6 is 22.6 Å². The third-order valence-corrected chi connectivity index (χ3v) is 7.80. The quantitative estimate of drug-likeness (QED) is 0.179. The van der Waals surface area contributed by atoms with E-state index in [2.05, 4.69) is 37.5 Å². The number of benzene rings is 2. The molecule has 1 atom stereocenters. The molecule has 4 aromatic rings. The number of halogens is 2. The van der Waals surface area contributed by atoms with Crippen LogP contribution in [0.15, 0.2) is 53.5 Å². The number of hydrogen-bond donors (Lipinski definition) is 4. The Labute approximate surface area is 233 Å². The van der Waals surface area contributed by atoms with Gasteiger partial charge in [0.2, 0.25) is 5.88 Å². The van der Waals surface area contributed by atoms with Crippen LogP contribution in [0.5, 0.6) is 11.6 Å². The maximum atomic E-state index is 14.7. The molecule has 38 heavy (non-hydrogen) atoms. The van der Waals surface area contributed by atoms with Gasteiger partial charge in [0.1, 0.15) is 29.7 Å². The van der Waals surface area contributed by atoms with E-state index >= 15 is 0 Å². The molecule has 5 rings (SSSR count). The molecule has 10 heteroatoms. The molecule has 0 bridgehead atoms. The number of aliphatic hydroxyl groups is 1. The lowest BCUT2D eigenvalue weighted by atomic mass is 9.84. The van der Waals surface area contributed by atoms with E-state index in [-0.39, 0.29) is 24.9 Å². The Morgan fingerprint density at radius 2 is 1.89 bits per heavy atom. The van der Waals surface area contributed by atoms with Crippen molar-refractivity contribution in [3.8, 4) is 34.1 Å². The van der Waals surface area contributed by atoms with Gasteiger partial charge in [-0.2, -0.15) is 0 Å². The van der Waals surface area contributed by atoms with Gasteiger partial charge in [0.15, 0.2) is 0 Å². The summed E-state index contributed by atoms with van der Waals surface area (Å²) in [5.74, 6) is 0.916. The smallest absolute Gasteiger partial charge is 0.329 e. The average molecular weight is 632 g/mol. The highest BCUT2D eigenvalue weighted by Gasteiger charge is 2.29. The van der Waals surface area contributed by atoms with Crippen LogP contribution < -0.4 is 10.4 Å². The third-order valence-electron chi connectivity index (χ3n) is 7.13. The van der Waals surface area contributed by atoms with Gasteiger partial charge in [0.05, 0.1) is 24.5 Å². The highest BCUT2D eigenvalue weighted by Crippen LogP contribution is 2.37. The van der Waals surface area contributed by atoms with Gasteiger partial charge in [-0.3, -0.25) is 4.57 Å². The van der Waals surface area contributed by atoms with Crippen molar-refractivity contribution in [1.29, 1.82) is 0 Å². The molecular weight excluding hydrogens is 602 g/mol. The van der Waals surface area contributed by atoms with E-state index in [1.165, 1.54) is 17.1 Å². The van der Waals surface area contributed by atoms with Crippen LogP contribution in [0, 0.1) is 15.3 Å². The highest BCUT2D eigenvalue weighted by molar-refractivity contribution is 14.1. The zero-order chi connectivity index (χ0) is 26.6. The van der Waals surface area contributed by atoms with Crippen LogP contribution in [0.3, 0.4) is 0 Å². The van der Waals surface area contributed by atoms with E-state index in [0.717, 1.165) is 29.3 Å². The minimum atomic E-state index is -0.552. The molecular formula is C28H30FIN4O4. The Balaban J connectivity index is 1.51. The molecule has 0 unspecified atom stereocenters. The third kappa shape index (κ3) is 5.65. The normalized spacial score (nSPS) is 15.0. The second-order valence-corrected chi connectivity index (χ2v) is 10.9. The van der Waals surface area contributed by atoms with Gasteiger partial charge in [0, 0.05) is 14.7 Å². The van der Waals surface area contributed by atoms with E-state index in [1.807, 2.05) is 6.07 Å². The van der Waals surface area contributed by atoms with E-state index < -0.39 is 11.7 Å². The molecule has 0 spiro atoms. The van der Waals surface area contributed by atoms with E-state index in [0.29, 0.717) is 46.4 Å². The Kier molecular flexibility index (Phi) is 8.18. The fourth-order valence-electron chi connectivity index (χ4n) is 5.24. The summed E-state index contributed by atoms with van der Waals surface area (Å²) >= 11 is 2.07. The van der Waals surface area contributed by atoms with Crippen LogP contribution in [0.2, 0.25) is 0 Å². The summed E-state index contributed by atoms with van der Waals surface area (Å²) in [5.41, 5.74) is 1.39. The summed E-state index contributed by atoms with van der Waals surface area (Å²) in [5, 5.41) is 20.3. The number of H-pyrrole nitrogens is 2. The van der Waals surface area contributed by atoms with Crippen molar-refractivity contribution < 1.29 is 19.3 Å². The Morgan fingerprint density at radius 3 is 2.61 bits per heavy atom. The lowest BCUT2D eigenvalue weighted by molar-refractivity contribution is 0.201. The number of ether oxygens (including phenoxy) is 1. The second-order valence-electron chi connectivity index (χ2n) is 9.66. The Hall–Kier alpha value is -3.12. The number of rotatable bonds is 9. The highest BCUT2D eigenvalue weighted by atomic mass is 127. The molecule has 0 aliphatic heterocycles.